The van der Waals surface area contributed by atoms with Crippen molar-refractivity contribution < 1.29 is 4.79 Å². The molecule has 3 rings (SSSR count). The molecular weight excluding hydrogens is 330 g/mol. The lowest BCUT2D eigenvalue weighted by Crippen LogP contribution is -2.27. The van der Waals surface area contributed by atoms with Gasteiger partial charge in [-0.15, -0.1) is 0 Å². The number of aryl methyl sites for hydroxylation is 1. The second-order valence-electron chi connectivity index (χ2n) is 5.43. The van der Waals surface area contributed by atoms with E-state index in [0.717, 1.165) is 23.9 Å². The molecule has 1 aliphatic rings. The number of aromatic nitrogens is 2. The van der Waals surface area contributed by atoms with Crippen LogP contribution in [0, 0.1) is 5.92 Å². The Bertz CT molecular complexity index is 611. The molecular formula is C16H18BrN3O. The average Bonchev–Trinajstić information content (AvgIpc) is 3.21. The zero-order valence-electron chi connectivity index (χ0n) is 11.7. The number of hydrogen-bond donors (Lipinski definition) is 1. The van der Waals surface area contributed by atoms with Gasteiger partial charge in [0.1, 0.15) is 0 Å². The van der Waals surface area contributed by atoms with E-state index >= 15 is 0 Å². The third-order valence-corrected chi connectivity index (χ3v) is 4.23. The predicted molar refractivity (Wildman–Crippen MR) is 84.8 cm³/mol. The molecule has 1 amide bonds. The average molecular weight is 348 g/mol. The van der Waals surface area contributed by atoms with Gasteiger partial charge in [-0.2, -0.15) is 5.10 Å². The van der Waals surface area contributed by atoms with Gasteiger partial charge in [-0.05, 0) is 40.3 Å². The van der Waals surface area contributed by atoms with Gasteiger partial charge in [0.25, 0.3) is 0 Å². The molecule has 0 spiro atoms. The van der Waals surface area contributed by atoms with Crippen molar-refractivity contribution in [1.82, 2.24) is 15.1 Å². The summed E-state index contributed by atoms with van der Waals surface area (Å²) in [5, 5.41) is 7.22. The molecule has 0 radical (unpaired) electrons. The lowest BCUT2D eigenvalue weighted by molar-refractivity contribution is -0.122. The van der Waals surface area contributed by atoms with E-state index in [1.54, 1.807) is 6.20 Å². The fraction of sp³-hybridized carbons (Fsp3) is 0.375. The highest BCUT2D eigenvalue weighted by molar-refractivity contribution is 9.10. The summed E-state index contributed by atoms with van der Waals surface area (Å²) in [5.41, 5.74) is 1.28. The van der Waals surface area contributed by atoms with E-state index in [1.165, 1.54) is 5.56 Å². The standard InChI is InChI=1S/C16H18BrN3O/c17-13-10-19-20(11-13)8-4-7-18-16(21)15-9-14(15)12-5-2-1-3-6-12/h1-3,5-6,10-11,14-15H,4,7-9H2,(H,18,21). The molecule has 1 heterocycles. The van der Waals surface area contributed by atoms with Crippen LogP contribution in [-0.4, -0.2) is 22.2 Å². The first-order valence-electron chi connectivity index (χ1n) is 7.24. The molecule has 5 heteroatoms. The monoisotopic (exact) mass is 347 g/mol. The van der Waals surface area contributed by atoms with Crippen LogP contribution in [0.5, 0.6) is 0 Å². The highest BCUT2D eigenvalue weighted by Gasteiger charge is 2.43. The molecule has 4 nitrogen and oxygen atoms in total. The number of carbonyl (C=O) groups is 1. The fourth-order valence-electron chi connectivity index (χ4n) is 2.60. The second kappa shape index (κ2) is 6.43. The molecule has 0 bridgehead atoms. The summed E-state index contributed by atoms with van der Waals surface area (Å²) in [6.07, 6.45) is 5.58. The van der Waals surface area contributed by atoms with E-state index in [9.17, 15) is 4.79 Å². The van der Waals surface area contributed by atoms with Gasteiger partial charge in [0.2, 0.25) is 5.91 Å². The smallest absolute Gasteiger partial charge is 0.223 e. The molecule has 2 atom stereocenters. The minimum absolute atomic E-state index is 0.159. The van der Waals surface area contributed by atoms with E-state index in [-0.39, 0.29) is 11.8 Å². The first-order valence-corrected chi connectivity index (χ1v) is 8.04. The molecule has 1 aromatic carbocycles. The molecule has 1 saturated carbocycles. The Kier molecular flexibility index (Phi) is 4.39. The second-order valence-corrected chi connectivity index (χ2v) is 6.34. The zero-order valence-corrected chi connectivity index (χ0v) is 13.3. The number of benzene rings is 1. The van der Waals surface area contributed by atoms with Crippen LogP contribution in [0.2, 0.25) is 0 Å². The third-order valence-electron chi connectivity index (χ3n) is 3.82. The minimum atomic E-state index is 0.159. The number of halogens is 1. The van der Waals surface area contributed by atoms with Crippen molar-refractivity contribution in [2.75, 3.05) is 6.54 Å². The Labute approximate surface area is 132 Å². The highest BCUT2D eigenvalue weighted by atomic mass is 79.9. The number of nitrogens with one attached hydrogen (secondary N) is 1. The van der Waals surface area contributed by atoms with Gasteiger partial charge < -0.3 is 5.32 Å². The predicted octanol–water partition coefficient (Wildman–Crippen LogP) is 2.96. The van der Waals surface area contributed by atoms with Gasteiger partial charge in [0, 0.05) is 25.2 Å². The van der Waals surface area contributed by atoms with Gasteiger partial charge >= 0.3 is 0 Å². The van der Waals surface area contributed by atoms with Crippen molar-refractivity contribution in [2.24, 2.45) is 5.92 Å². The summed E-state index contributed by atoms with van der Waals surface area (Å²) in [4.78, 5) is 12.1. The minimum Gasteiger partial charge on any atom is -0.356 e. The number of rotatable bonds is 6. The van der Waals surface area contributed by atoms with Crippen LogP contribution in [0.3, 0.4) is 0 Å². The van der Waals surface area contributed by atoms with Crippen LogP contribution in [0.1, 0.15) is 24.3 Å². The first kappa shape index (κ1) is 14.3. The molecule has 2 unspecified atom stereocenters. The number of carbonyl (C=O) groups excluding carboxylic acids is 1. The van der Waals surface area contributed by atoms with Crippen LogP contribution in [0.25, 0.3) is 0 Å². The number of hydrogen-bond acceptors (Lipinski definition) is 2. The van der Waals surface area contributed by atoms with Crippen LogP contribution in [0.15, 0.2) is 47.2 Å². The van der Waals surface area contributed by atoms with Crippen LogP contribution in [-0.2, 0) is 11.3 Å². The van der Waals surface area contributed by atoms with E-state index < -0.39 is 0 Å². The van der Waals surface area contributed by atoms with Crippen LogP contribution in [0.4, 0.5) is 0 Å². The van der Waals surface area contributed by atoms with Gasteiger partial charge in [-0.3, -0.25) is 9.48 Å². The maximum absolute atomic E-state index is 12.1. The molecule has 1 aromatic heterocycles. The largest absolute Gasteiger partial charge is 0.356 e. The molecule has 21 heavy (non-hydrogen) atoms. The zero-order chi connectivity index (χ0) is 14.7. The van der Waals surface area contributed by atoms with Crippen molar-refractivity contribution >= 4 is 21.8 Å². The molecule has 0 saturated heterocycles. The summed E-state index contributed by atoms with van der Waals surface area (Å²) in [5.74, 6) is 0.755. The van der Waals surface area contributed by atoms with E-state index in [2.05, 4.69) is 38.5 Å². The first-order chi connectivity index (χ1) is 10.2. The topological polar surface area (TPSA) is 46.9 Å². The Balaban J connectivity index is 1.38. The van der Waals surface area contributed by atoms with Crippen molar-refractivity contribution in [3.05, 3.63) is 52.8 Å². The normalized spacial score (nSPS) is 20.2. The SMILES string of the molecule is O=C(NCCCn1cc(Br)cn1)C1CC1c1ccccc1. The van der Waals surface area contributed by atoms with Gasteiger partial charge in [0.05, 0.1) is 10.7 Å². The molecule has 1 N–H and O–H groups in total. The van der Waals surface area contributed by atoms with E-state index in [4.69, 9.17) is 0 Å². The van der Waals surface area contributed by atoms with Gasteiger partial charge in [-0.1, -0.05) is 30.3 Å². The Hall–Kier alpha value is -1.62. The summed E-state index contributed by atoms with van der Waals surface area (Å²) in [7, 11) is 0. The molecule has 1 aliphatic carbocycles. The third kappa shape index (κ3) is 3.73. The summed E-state index contributed by atoms with van der Waals surface area (Å²) < 4.78 is 2.86. The number of nitrogens with zero attached hydrogens (tertiary/aromatic N) is 2. The Morgan fingerprint density at radius 2 is 2.19 bits per heavy atom. The molecule has 110 valence electrons. The van der Waals surface area contributed by atoms with Gasteiger partial charge in [0.15, 0.2) is 0 Å². The lowest BCUT2D eigenvalue weighted by Gasteiger charge is -2.05. The molecule has 0 aliphatic heterocycles. The Morgan fingerprint density at radius 1 is 1.38 bits per heavy atom. The van der Waals surface area contributed by atoms with Crippen molar-refractivity contribution in [3.8, 4) is 0 Å². The number of amides is 1. The maximum atomic E-state index is 12.1. The van der Waals surface area contributed by atoms with Crippen LogP contribution < -0.4 is 5.32 Å². The van der Waals surface area contributed by atoms with Crippen LogP contribution >= 0.6 is 15.9 Å². The Morgan fingerprint density at radius 3 is 2.90 bits per heavy atom. The summed E-state index contributed by atoms with van der Waals surface area (Å²) in [6.45, 7) is 1.52. The lowest BCUT2D eigenvalue weighted by atomic mass is 10.1. The summed E-state index contributed by atoms with van der Waals surface area (Å²) in [6, 6.07) is 10.3. The molecule has 1 fully saturated rings. The summed E-state index contributed by atoms with van der Waals surface area (Å²) >= 11 is 3.37. The van der Waals surface area contributed by atoms with Crippen molar-refractivity contribution in [3.63, 3.8) is 0 Å². The van der Waals surface area contributed by atoms with E-state index in [0.29, 0.717) is 12.5 Å². The van der Waals surface area contributed by atoms with Crippen molar-refractivity contribution in [2.45, 2.75) is 25.3 Å². The maximum Gasteiger partial charge on any atom is 0.223 e. The van der Waals surface area contributed by atoms with Crippen molar-refractivity contribution in [1.29, 1.82) is 0 Å². The molecule has 2 aromatic rings. The quantitative estimate of drug-likeness (QED) is 0.816. The highest BCUT2D eigenvalue weighted by Crippen LogP contribution is 2.47. The van der Waals surface area contributed by atoms with E-state index in [1.807, 2.05) is 29.1 Å². The van der Waals surface area contributed by atoms with Gasteiger partial charge in [-0.25, -0.2) is 0 Å². The fourth-order valence-corrected chi connectivity index (χ4v) is 2.93.